The van der Waals surface area contributed by atoms with Gasteiger partial charge in [0.15, 0.2) is 0 Å². The second-order valence-electron chi connectivity index (χ2n) is 5.69. The summed E-state index contributed by atoms with van der Waals surface area (Å²) in [7, 11) is 0. The largest absolute Gasteiger partial charge is 0.376 e. The van der Waals surface area contributed by atoms with E-state index in [0.29, 0.717) is 31.6 Å². The second-order valence-corrected chi connectivity index (χ2v) is 5.69. The predicted octanol–water partition coefficient (Wildman–Crippen LogP) is 2.00. The standard InChI is InChI=1S/C14H26N2O2.ClH/c15-13-7-3-4-11(13)10-14(17)16-8-9-18-12-5-1-2-6-12;/h11-13H,1-10,15H2,(H,16,17);1H/t11-,13+;/m0./s1. The number of hydrogen-bond donors (Lipinski definition) is 2. The van der Waals surface area contributed by atoms with Crippen molar-refractivity contribution in [3.63, 3.8) is 0 Å². The van der Waals surface area contributed by atoms with E-state index in [4.69, 9.17) is 10.5 Å². The fraction of sp³-hybridized carbons (Fsp3) is 0.929. The summed E-state index contributed by atoms with van der Waals surface area (Å²) in [6, 6.07) is 0.227. The molecule has 0 aromatic rings. The lowest BCUT2D eigenvalue weighted by molar-refractivity contribution is -0.122. The molecule has 0 bridgehead atoms. The van der Waals surface area contributed by atoms with Crippen LogP contribution in [-0.2, 0) is 9.53 Å². The number of amides is 1. The average Bonchev–Trinajstić information content (AvgIpc) is 2.98. The first kappa shape index (κ1) is 16.7. The molecule has 2 atom stereocenters. The van der Waals surface area contributed by atoms with Gasteiger partial charge in [0.05, 0.1) is 12.7 Å². The van der Waals surface area contributed by atoms with Gasteiger partial charge < -0.3 is 15.8 Å². The van der Waals surface area contributed by atoms with E-state index in [9.17, 15) is 4.79 Å². The summed E-state index contributed by atoms with van der Waals surface area (Å²) in [5.41, 5.74) is 5.96. The van der Waals surface area contributed by atoms with Crippen molar-refractivity contribution in [3.05, 3.63) is 0 Å². The summed E-state index contributed by atoms with van der Waals surface area (Å²) in [6.45, 7) is 1.28. The maximum atomic E-state index is 11.7. The quantitative estimate of drug-likeness (QED) is 0.736. The molecule has 5 heteroatoms. The van der Waals surface area contributed by atoms with Crippen LogP contribution in [0.1, 0.15) is 51.4 Å². The zero-order chi connectivity index (χ0) is 12.8. The van der Waals surface area contributed by atoms with Gasteiger partial charge in [-0.05, 0) is 31.6 Å². The second kappa shape index (κ2) is 8.77. The van der Waals surface area contributed by atoms with Crippen molar-refractivity contribution in [2.24, 2.45) is 11.7 Å². The van der Waals surface area contributed by atoms with Gasteiger partial charge >= 0.3 is 0 Å². The third-order valence-corrected chi connectivity index (χ3v) is 4.25. The molecule has 2 saturated carbocycles. The number of carbonyl (C=O) groups excluding carboxylic acids is 1. The van der Waals surface area contributed by atoms with E-state index >= 15 is 0 Å². The Morgan fingerprint density at radius 2 is 1.89 bits per heavy atom. The van der Waals surface area contributed by atoms with Gasteiger partial charge in [-0.1, -0.05) is 19.3 Å². The molecule has 19 heavy (non-hydrogen) atoms. The van der Waals surface area contributed by atoms with E-state index in [1.807, 2.05) is 0 Å². The number of nitrogens with one attached hydrogen (secondary N) is 1. The highest BCUT2D eigenvalue weighted by molar-refractivity contribution is 5.85. The smallest absolute Gasteiger partial charge is 0.220 e. The molecular formula is C14H27ClN2O2. The molecule has 0 aromatic carbocycles. The minimum absolute atomic E-state index is 0. The van der Waals surface area contributed by atoms with Crippen LogP contribution in [0.2, 0.25) is 0 Å². The Labute approximate surface area is 122 Å². The van der Waals surface area contributed by atoms with Crippen molar-refractivity contribution in [1.82, 2.24) is 5.32 Å². The van der Waals surface area contributed by atoms with Gasteiger partial charge in [-0.2, -0.15) is 0 Å². The van der Waals surface area contributed by atoms with Gasteiger partial charge in [0, 0.05) is 19.0 Å². The molecule has 2 aliphatic rings. The fourth-order valence-electron chi connectivity index (χ4n) is 3.10. The first-order valence-electron chi connectivity index (χ1n) is 7.39. The molecule has 0 aliphatic heterocycles. The Bertz CT molecular complexity index is 270. The van der Waals surface area contributed by atoms with Crippen molar-refractivity contribution >= 4 is 18.3 Å². The van der Waals surface area contributed by atoms with Crippen LogP contribution in [0.25, 0.3) is 0 Å². The summed E-state index contributed by atoms with van der Waals surface area (Å²) < 4.78 is 5.71. The molecule has 112 valence electrons. The third kappa shape index (κ3) is 5.67. The van der Waals surface area contributed by atoms with E-state index in [0.717, 1.165) is 12.8 Å². The lowest BCUT2D eigenvalue weighted by atomic mass is 10.00. The summed E-state index contributed by atoms with van der Waals surface area (Å²) in [4.78, 5) is 11.7. The number of carbonyl (C=O) groups is 1. The first-order chi connectivity index (χ1) is 8.75. The molecular weight excluding hydrogens is 264 g/mol. The number of nitrogens with two attached hydrogens (primary N) is 1. The number of ether oxygens (including phenoxy) is 1. The topological polar surface area (TPSA) is 64.4 Å². The van der Waals surface area contributed by atoms with Crippen molar-refractivity contribution in [3.8, 4) is 0 Å². The van der Waals surface area contributed by atoms with Crippen molar-refractivity contribution < 1.29 is 9.53 Å². The lowest BCUT2D eigenvalue weighted by Gasteiger charge is -2.15. The summed E-state index contributed by atoms with van der Waals surface area (Å²) >= 11 is 0. The maximum Gasteiger partial charge on any atom is 0.220 e. The van der Waals surface area contributed by atoms with E-state index in [1.54, 1.807) is 0 Å². The molecule has 0 saturated heterocycles. The summed E-state index contributed by atoms with van der Waals surface area (Å²) in [5.74, 6) is 0.521. The van der Waals surface area contributed by atoms with Gasteiger partial charge in [-0.15, -0.1) is 12.4 Å². The number of halogens is 1. The average molecular weight is 291 g/mol. The van der Waals surface area contributed by atoms with Crippen LogP contribution in [0.4, 0.5) is 0 Å². The highest BCUT2D eigenvalue weighted by Gasteiger charge is 2.25. The van der Waals surface area contributed by atoms with Crippen LogP contribution in [0.5, 0.6) is 0 Å². The molecule has 0 heterocycles. The zero-order valence-corrected chi connectivity index (χ0v) is 12.4. The van der Waals surface area contributed by atoms with Crippen LogP contribution in [-0.4, -0.2) is 31.2 Å². The number of rotatable bonds is 6. The zero-order valence-electron chi connectivity index (χ0n) is 11.6. The van der Waals surface area contributed by atoms with Gasteiger partial charge in [-0.25, -0.2) is 0 Å². The minimum Gasteiger partial charge on any atom is -0.376 e. The monoisotopic (exact) mass is 290 g/mol. The molecule has 2 rings (SSSR count). The van der Waals surface area contributed by atoms with E-state index in [-0.39, 0.29) is 24.4 Å². The molecule has 0 radical (unpaired) electrons. The lowest BCUT2D eigenvalue weighted by Crippen LogP contribution is -2.33. The molecule has 0 spiro atoms. The molecule has 0 aromatic heterocycles. The van der Waals surface area contributed by atoms with Crippen molar-refractivity contribution in [1.29, 1.82) is 0 Å². The third-order valence-electron chi connectivity index (χ3n) is 4.25. The maximum absolute atomic E-state index is 11.7. The SMILES string of the molecule is Cl.N[C@@H]1CCC[C@H]1CC(=O)NCCOC1CCCC1. The van der Waals surface area contributed by atoms with Crippen molar-refractivity contribution in [2.45, 2.75) is 63.5 Å². The molecule has 2 aliphatic carbocycles. The molecule has 0 unspecified atom stereocenters. The molecule has 4 nitrogen and oxygen atoms in total. The Kier molecular flexibility index (Phi) is 7.73. The molecule has 3 N–H and O–H groups in total. The molecule has 2 fully saturated rings. The minimum atomic E-state index is 0. The Hall–Kier alpha value is -0.320. The van der Waals surface area contributed by atoms with Crippen LogP contribution in [0, 0.1) is 5.92 Å². The van der Waals surface area contributed by atoms with Crippen LogP contribution in [0.15, 0.2) is 0 Å². The van der Waals surface area contributed by atoms with Gasteiger partial charge in [0.2, 0.25) is 5.91 Å². The number of hydrogen-bond acceptors (Lipinski definition) is 3. The van der Waals surface area contributed by atoms with Crippen LogP contribution >= 0.6 is 12.4 Å². The van der Waals surface area contributed by atoms with Gasteiger partial charge in [0.1, 0.15) is 0 Å². The highest BCUT2D eigenvalue weighted by Crippen LogP contribution is 2.26. The Balaban J connectivity index is 0.00000180. The van der Waals surface area contributed by atoms with Crippen LogP contribution < -0.4 is 11.1 Å². The molecule has 1 amide bonds. The Morgan fingerprint density at radius 1 is 1.16 bits per heavy atom. The van der Waals surface area contributed by atoms with E-state index in [2.05, 4.69) is 5.32 Å². The predicted molar refractivity (Wildman–Crippen MR) is 78.4 cm³/mol. The summed E-state index contributed by atoms with van der Waals surface area (Å²) in [5, 5.41) is 2.93. The first-order valence-corrected chi connectivity index (χ1v) is 7.39. The van der Waals surface area contributed by atoms with Gasteiger partial charge in [0.25, 0.3) is 0 Å². The summed E-state index contributed by atoms with van der Waals surface area (Å²) in [6.07, 6.45) is 9.32. The Morgan fingerprint density at radius 3 is 2.53 bits per heavy atom. The fourth-order valence-corrected chi connectivity index (χ4v) is 3.10. The van der Waals surface area contributed by atoms with Gasteiger partial charge in [-0.3, -0.25) is 4.79 Å². The van der Waals surface area contributed by atoms with E-state index in [1.165, 1.54) is 32.1 Å². The normalized spacial score (nSPS) is 27.2. The van der Waals surface area contributed by atoms with E-state index < -0.39 is 0 Å². The van der Waals surface area contributed by atoms with Crippen LogP contribution in [0.3, 0.4) is 0 Å². The highest BCUT2D eigenvalue weighted by atomic mass is 35.5. The van der Waals surface area contributed by atoms with Crippen molar-refractivity contribution in [2.75, 3.05) is 13.2 Å².